The van der Waals surface area contributed by atoms with Crippen LogP contribution in [0.4, 0.5) is 0 Å². The molecule has 0 saturated heterocycles. The van der Waals surface area contributed by atoms with E-state index in [1.54, 1.807) is 24.3 Å². The fourth-order valence-electron chi connectivity index (χ4n) is 2.92. The Morgan fingerprint density at radius 2 is 1.64 bits per heavy atom. The van der Waals surface area contributed by atoms with E-state index in [1.807, 2.05) is 53.1 Å². The van der Waals surface area contributed by atoms with Gasteiger partial charge in [-0.2, -0.15) is 0 Å². The van der Waals surface area contributed by atoms with Crippen LogP contribution in [0.2, 0.25) is 5.02 Å². The van der Waals surface area contributed by atoms with E-state index in [9.17, 15) is 9.90 Å². The third-order valence-corrected chi connectivity index (χ3v) is 4.30. The molecule has 2 aromatic heterocycles. The molecule has 4 nitrogen and oxygen atoms in total. The largest absolute Gasteiger partial charge is 0.478 e. The Kier molecular flexibility index (Phi) is 3.75. The predicted octanol–water partition coefficient (Wildman–Crippen LogP) is 5.02. The molecular formula is C20H13ClN2O2. The van der Waals surface area contributed by atoms with Crippen molar-refractivity contribution in [2.24, 2.45) is 0 Å². The first-order chi connectivity index (χ1) is 12.1. The monoisotopic (exact) mass is 348 g/mol. The highest BCUT2D eigenvalue weighted by Gasteiger charge is 2.19. The highest BCUT2D eigenvalue weighted by molar-refractivity contribution is 6.30. The van der Waals surface area contributed by atoms with Crippen molar-refractivity contribution < 1.29 is 9.90 Å². The fourth-order valence-corrected chi connectivity index (χ4v) is 3.04. The number of imidazole rings is 1. The first-order valence-corrected chi connectivity index (χ1v) is 8.08. The lowest BCUT2D eigenvalue weighted by atomic mass is 10.1. The van der Waals surface area contributed by atoms with Crippen LogP contribution in [0.5, 0.6) is 0 Å². The second-order valence-electron chi connectivity index (χ2n) is 5.60. The van der Waals surface area contributed by atoms with Crippen LogP contribution in [-0.4, -0.2) is 20.5 Å². The first-order valence-electron chi connectivity index (χ1n) is 7.71. The molecule has 1 N–H and O–H groups in total. The van der Waals surface area contributed by atoms with Crippen molar-refractivity contribution in [1.82, 2.24) is 9.38 Å². The zero-order valence-corrected chi connectivity index (χ0v) is 13.8. The van der Waals surface area contributed by atoms with Crippen molar-refractivity contribution in [2.75, 3.05) is 0 Å². The maximum Gasteiger partial charge on any atom is 0.339 e. The van der Waals surface area contributed by atoms with Crippen LogP contribution in [0.1, 0.15) is 10.4 Å². The molecule has 0 aliphatic rings. The standard InChI is InChI=1S/C20H13ClN2O2/c21-15-10-8-13(9-11-15)17-18(14-5-2-1-3-6-14)23-12-4-7-16(20(24)25)19(23)22-17/h1-12H,(H,24,25). The summed E-state index contributed by atoms with van der Waals surface area (Å²) in [5.41, 5.74) is 3.99. The Labute approximate surface area is 149 Å². The van der Waals surface area contributed by atoms with Gasteiger partial charge >= 0.3 is 5.97 Å². The summed E-state index contributed by atoms with van der Waals surface area (Å²) in [5, 5.41) is 10.1. The number of carboxylic acid groups (broad SMARTS) is 1. The van der Waals surface area contributed by atoms with E-state index in [2.05, 4.69) is 4.98 Å². The normalized spacial score (nSPS) is 10.9. The number of hydrogen-bond acceptors (Lipinski definition) is 2. The van der Waals surface area contributed by atoms with Crippen LogP contribution >= 0.6 is 11.6 Å². The molecule has 0 unspecified atom stereocenters. The zero-order chi connectivity index (χ0) is 17.4. The van der Waals surface area contributed by atoms with Gasteiger partial charge in [0.2, 0.25) is 0 Å². The number of carboxylic acids is 1. The van der Waals surface area contributed by atoms with E-state index in [4.69, 9.17) is 11.6 Å². The summed E-state index contributed by atoms with van der Waals surface area (Å²) in [4.78, 5) is 16.2. The molecule has 25 heavy (non-hydrogen) atoms. The van der Waals surface area contributed by atoms with Crippen molar-refractivity contribution >= 4 is 23.2 Å². The Hall–Kier alpha value is -3.11. The Morgan fingerprint density at radius 3 is 2.32 bits per heavy atom. The van der Waals surface area contributed by atoms with Crippen LogP contribution in [-0.2, 0) is 0 Å². The number of halogens is 1. The molecule has 5 heteroatoms. The van der Waals surface area contributed by atoms with Gasteiger partial charge in [0, 0.05) is 22.3 Å². The van der Waals surface area contributed by atoms with Gasteiger partial charge in [-0.05, 0) is 24.3 Å². The van der Waals surface area contributed by atoms with Gasteiger partial charge in [-0.25, -0.2) is 9.78 Å². The van der Waals surface area contributed by atoms with Gasteiger partial charge in [-0.3, -0.25) is 4.40 Å². The molecule has 0 aliphatic heterocycles. The van der Waals surface area contributed by atoms with Crippen LogP contribution in [0, 0.1) is 0 Å². The Bertz CT molecular complexity index is 1070. The van der Waals surface area contributed by atoms with E-state index < -0.39 is 5.97 Å². The zero-order valence-electron chi connectivity index (χ0n) is 13.1. The van der Waals surface area contributed by atoms with Crippen molar-refractivity contribution in [2.45, 2.75) is 0 Å². The minimum absolute atomic E-state index is 0.167. The van der Waals surface area contributed by atoms with Gasteiger partial charge in [0.1, 0.15) is 5.56 Å². The molecule has 0 bridgehead atoms. The smallest absolute Gasteiger partial charge is 0.339 e. The summed E-state index contributed by atoms with van der Waals surface area (Å²) < 4.78 is 1.82. The molecule has 4 rings (SSSR count). The lowest BCUT2D eigenvalue weighted by molar-refractivity contribution is 0.0698. The quantitative estimate of drug-likeness (QED) is 0.565. The van der Waals surface area contributed by atoms with Gasteiger partial charge in [0.05, 0.1) is 11.4 Å². The minimum Gasteiger partial charge on any atom is -0.478 e. The molecule has 0 radical (unpaired) electrons. The second kappa shape index (κ2) is 6.07. The summed E-state index contributed by atoms with van der Waals surface area (Å²) in [6.45, 7) is 0. The summed E-state index contributed by atoms with van der Waals surface area (Å²) in [6.07, 6.45) is 1.83. The van der Waals surface area contributed by atoms with Crippen molar-refractivity contribution in [3.63, 3.8) is 0 Å². The molecule has 4 aromatic rings. The number of aromatic nitrogens is 2. The topological polar surface area (TPSA) is 54.6 Å². The second-order valence-corrected chi connectivity index (χ2v) is 6.04. The van der Waals surface area contributed by atoms with Gasteiger partial charge in [0.15, 0.2) is 5.65 Å². The minimum atomic E-state index is -1.00. The Balaban J connectivity index is 2.09. The van der Waals surface area contributed by atoms with E-state index in [0.29, 0.717) is 10.7 Å². The number of rotatable bonds is 3. The molecule has 2 heterocycles. The number of fused-ring (bicyclic) bond motifs is 1. The van der Waals surface area contributed by atoms with E-state index in [0.717, 1.165) is 22.5 Å². The lowest BCUT2D eigenvalue weighted by Gasteiger charge is -2.06. The number of nitrogens with zero attached hydrogens (tertiary/aromatic N) is 2. The molecular weight excluding hydrogens is 336 g/mol. The fraction of sp³-hybridized carbons (Fsp3) is 0. The van der Waals surface area contributed by atoms with Gasteiger partial charge in [0.25, 0.3) is 0 Å². The molecule has 0 spiro atoms. The van der Waals surface area contributed by atoms with Gasteiger partial charge in [-0.15, -0.1) is 0 Å². The van der Waals surface area contributed by atoms with E-state index >= 15 is 0 Å². The van der Waals surface area contributed by atoms with Gasteiger partial charge < -0.3 is 5.11 Å². The third-order valence-electron chi connectivity index (χ3n) is 4.05. The van der Waals surface area contributed by atoms with Crippen molar-refractivity contribution in [1.29, 1.82) is 0 Å². The molecule has 0 atom stereocenters. The van der Waals surface area contributed by atoms with Crippen LogP contribution < -0.4 is 0 Å². The third kappa shape index (κ3) is 2.66. The number of benzene rings is 2. The van der Waals surface area contributed by atoms with Crippen LogP contribution in [0.3, 0.4) is 0 Å². The van der Waals surface area contributed by atoms with Crippen molar-refractivity contribution in [3.8, 4) is 22.5 Å². The highest BCUT2D eigenvalue weighted by Crippen LogP contribution is 2.34. The molecule has 2 aromatic carbocycles. The number of hydrogen-bond donors (Lipinski definition) is 1. The average molecular weight is 349 g/mol. The van der Waals surface area contributed by atoms with E-state index in [-0.39, 0.29) is 5.56 Å². The number of aromatic carboxylic acids is 1. The predicted molar refractivity (Wildman–Crippen MR) is 98.0 cm³/mol. The molecule has 0 saturated carbocycles. The number of carbonyl (C=O) groups is 1. The molecule has 122 valence electrons. The van der Waals surface area contributed by atoms with Crippen LogP contribution in [0.15, 0.2) is 72.9 Å². The summed E-state index contributed by atoms with van der Waals surface area (Å²) in [7, 11) is 0. The highest BCUT2D eigenvalue weighted by atomic mass is 35.5. The van der Waals surface area contributed by atoms with Crippen molar-refractivity contribution in [3.05, 3.63) is 83.5 Å². The maximum atomic E-state index is 11.6. The molecule has 0 fully saturated rings. The molecule has 0 aliphatic carbocycles. The number of pyridine rings is 1. The first kappa shape index (κ1) is 15.4. The summed E-state index contributed by atoms with van der Waals surface area (Å²) in [6, 6.07) is 20.4. The summed E-state index contributed by atoms with van der Waals surface area (Å²) >= 11 is 6.00. The Morgan fingerprint density at radius 1 is 0.920 bits per heavy atom. The SMILES string of the molecule is O=C(O)c1cccn2c(-c3ccccc3)c(-c3ccc(Cl)cc3)nc12. The van der Waals surface area contributed by atoms with E-state index in [1.165, 1.54) is 0 Å². The lowest BCUT2D eigenvalue weighted by Crippen LogP contribution is -2.00. The maximum absolute atomic E-state index is 11.6. The summed E-state index contributed by atoms with van der Waals surface area (Å²) in [5.74, 6) is -1.00. The molecule has 0 amide bonds. The average Bonchev–Trinajstić information content (AvgIpc) is 3.02. The van der Waals surface area contributed by atoms with Gasteiger partial charge in [-0.1, -0.05) is 54.1 Å². The van der Waals surface area contributed by atoms with Crippen LogP contribution in [0.25, 0.3) is 28.2 Å².